The molecule has 1 amide bonds. The van der Waals surface area contributed by atoms with Gasteiger partial charge in [-0.1, -0.05) is 6.07 Å². The van der Waals surface area contributed by atoms with Crippen molar-refractivity contribution in [2.75, 3.05) is 24.5 Å². The predicted molar refractivity (Wildman–Crippen MR) is 88.8 cm³/mol. The van der Waals surface area contributed by atoms with Crippen LogP contribution in [0.1, 0.15) is 24.5 Å². The molecule has 3 rings (SSSR count). The number of anilines is 1. The molecule has 2 aliphatic rings. The molecule has 0 aromatic heterocycles. The van der Waals surface area contributed by atoms with Gasteiger partial charge in [0, 0.05) is 30.7 Å². The third-order valence-corrected chi connectivity index (χ3v) is 4.75. The highest BCUT2D eigenvalue weighted by atomic mass is 16.2. The van der Waals surface area contributed by atoms with Crippen LogP contribution in [0.4, 0.5) is 5.69 Å². The van der Waals surface area contributed by atoms with Crippen LogP contribution in [0.15, 0.2) is 18.2 Å². The Balaban J connectivity index is 1.82. The lowest BCUT2D eigenvalue weighted by Crippen LogP contribution is -2.50. The van der Waals surface area contributed by atoms with Crippen molar-refractivity contribution in [2.24, 2.45) is 5.92 Å². The van der Waals surface area contributed by atoms with Gasteiger partial charge in [0.05, 0.1) is 0 Å². The number of amides is 1. The van der Waals surface area contributed by atoms with Gasteiger partial charge in [0.15, 0.2) is 0 Å². The Morgan fingerprint density at radius 1 is 1.23 bits per heavy atom. The SMILES string of the molecule is CCN(C(=O)C1NNC2CCNCC21)c1cc(C)cc(C)c1. The van der Waals surface area contributed by atoms with E-state index in [1.165, 1.54) is 11.1 Å². The highest BCUT2D eigenvalue weighted by Crippen LogP contribution is 2.25. The van der Waals surface area contributed by atoms with Crippen LogP contribution in [-0.4, -0.2) is 37.6 Å². The van der Waals surface area contributed by atoms with E-state index in [1.807, 2.05) is 11.8 Å². The summed E-state index contributed by atoms with van der Waals surface area (Å²) in [5, 5.41) is 3.41. The first-order valence-electron chi connectivity index (χ1n) is 8.21. The topological polar surface area (TPSA) is 56.4 Å². The molecule has 120 valence electrons. The zero-order valence-corrected chi connectivity index (χ0v) is 13.6. The van der Waals surface area contributed by atoms with Crippen molar-refractivity contribution in [1.82, 2.24) is 16.2 Å². The first kappa shape index (κ1) is 15.5. The second-order valence-corrected chi connectivity index (χ2v) is 6.46. The van der Waals surface area contributed by atoms with Gasteiger partial charge in [0.25, 0.3) is 0 Å². The smallest absolute Gasteiger partial charge is 0.245 e. The minimum Gasteiger partial charge on any atom is -0.316 e. The predicted octanol–water partition coefficient (Wildman–Crippen LogP) is 1.11. The van der Waals surface area contributed by atoms with Gasteiger partial charge in [-0.15, -0.1) is 0 Å². The highest BCUT2D eigenvalue weighted by molar-refractivity contribution is 5.97. The first-order chi connectivity index (χ1) is 10.6. The average Bonchev–Trinajstić information content (AvgIpc) is 2.90. The van der Waals surface area contributed by atoms with E-state index in [1.54, 1.807) is 0 Å². The molecule has 2 saturated heterocycles. The van der Waals surface area contributed by atoms with Crippen molar-refractivity contribution in [3.63, 3.8) is 0 Å². The van der Waals surface area contributed by atoms with Gasteiger partial charge >= 0.3 is 0 Å². The van der Waals surface area contributed by atoms with E-state index in [0.717, 1.165) is 25.2 Å². The van der Waals surface area contributed by atoms with Crippen molar-refractivity contribution in [1.29, 1.82) is 0 Å². The number of benzene rings is 1. The standard InChI is InChI=1S/C17H26N4O/c1-4-21(13-8-11(2)7-12(3)9-13)17(22)16-14-10-18-6-5-15(14)19-20-16/h7-9,14-16,18-20H,4-6,10H2,1-3H3. The van der Waals surface area contributed by atoms with E-state index in [0.29, 0.717) is 18.5 Å². The van der Waals surface area contributed by atoms with E-state index < -0.39 is 0 Å². The number of fused-ring (bicyclic) bond motifs is 1. The van der Waals surface area contributed by atoms with Gasteiger partial charge < -0.3 is 10.2 Å². The molecule has 0 aliphatic carbocycles. The largest absolute Gasteiger partial charge is 0.316 e. The molecular formula is C17H26N4O. The number of hydrogen-bond acceptors (Lipinski definition) is 4. The third-order valence-electron chi connectivity index (χ3n) is 4.75. The zero-order valence-electron chi connectivity index (χ0n) is 13.6. The lowest BCUT2D eigenvalue weighted by molar-refractivity contribution is -0.121. The van der Waals surface area contributed by atoms with Crippen LogP contribution >= 0.6 is 0 Å². The summed E-state index contributed by atoms with van der Waals surface area (Å²) < 4.78 is 0. The van der Waals surface area contributed by atoms with Gasteiger partial charge in [-0.25, -0.2) is 5.43 Å². The Bertz CT molecular complexity index is 539. The summed E-state index contributed by atoms with van der Waals surface area (Å²) in [5.41, 5.74) is 9.92. The summed E-state index contributed by atoms with van der Waals surface area (Å²) >= 11 is 0. The number of nitrogens with zero attached hydrogens (tertiary/aromatic N) is 1. The third kappa shape index (κ3) is 2.89. The fourth-order valence-electron chi connectivity index (χ4n) is 3.70. The molecule has 2 fully saturated rings. The normalized spacial score (nSPS) is 27.5. The number of aryl methyl sites for hydroxylation is 2. The first-order valence-corrected chi connectivity index (χ1v) is 8.21. The fraction of sp³-hybridized carbons (Fsp3) is 0.588. The molecule has 1 aromatic carbocycles. The van der Waals surface area contributed by atoms with Crippen molar-refractivity contribution in [2.45, 2.75) is 39.3 Å². The minimum atomic E-state index is -0.154. The molecule has 3 unspecified atom stereocenters. The second-order valence-electron chi connectivity index (χ2n) is 6.46. The number of carbonyl (C=O) groups excluding carboxylic acids is 1. The Hall–Kier alpha value is -1.43. The summed E-state index contributed by atoms with van der Waals surface area (Å²) in [6.45, 7) is 8.78. The molecule has 0 spiro atoms. The summed E-state index contributed by atoms with van der Waals surface area (Å²) in [6, 6.07) is 6.56. The maximum absolute atomic E-state index is 13.1. The van der Waals surface area contributed by atoms with Crippen LogP contribution in [0, 0.1) is 19.8 Å². The number of nitrogens with one attached hydrogen (secondary N) is 3. The van der Waals surface area contributed by atoms with Gasteiger partial charge in [0.2, 0.25) is 5.91 Å². The highest BCUT2D eigenvalue weighted by Gasteiger charge is 2.42. The molecule has 1 aromatic rings. The van der Waals surface area contributed by atoms with Crippen molar-refractivity contribution >= 4 is 11.6 Å². The molecule has 3 atom stereocenters. The number of piperidine rings is 1. The molecule has 5 nitrogen and oxygen atoms in total. The molecule has 0 radical (unpaired) electrons. The molecule has 5 heteroatoms. The lowest BCUT2D eigenvalue weighted by Gasteiger charge is -2.31. The summed E-state index contributed by atoms with van der Waals surface area (Å²) in [7, 11) is 0. The van der Waals surface area contributed by atoms with Crippen LogP contribution in [-0.2, 0) is 4.79 Å². The molecule has 2 heterocycles. The van der Waals surface area contributed by atoms with Crippen LogP contribution in [0.3, 0.4) is 0 Å². The average molecular weight is 302 g/mol. The van der Waals surface area contributed by atoms with Gasteiger partial charge in [-0.2, -0.15) is 0 Å². The Kier molecular flexibility index (Phi) is 4.47. The van der Waals surface area contributed by atoms with Crippen LogP contribution in [0.25, 0.3) is 0 Å². The Labute approximate surface area is 132 Å². The Morgan fingerprint density at radius 2 is 1.95 bits per heavy atom. The number of likely N-dealkylation sites (N-methyl/N-ethyl adjacent to an activating group) is 1. The Morgan fingerprint density at radius 3 is 2.64 bits per heavy atom. The molecular weight excluding hydrogens is 276 g/mol. The lowest BCUT2D eigenvalue weighted by atomic mass is 9.88. The van der Waals surface area contributed by atoms with Crippen molar-refractivity contribution in [3.8, 4) is 0 Å². The van der Waals surface area contributed by atoms with E-state index >= 15 is 0 Å². The quantitative estimate of drug-likeness (QED) is 0.783. The van der Waals surface area contributed by atoms with E-state index in [-0.39, 0.29) is 11.9 Å². The van der Waals surface area contributed by atoms with Gasteiger partial charge in [-0.05, 0) is 57.0 Å². The zero-order chi connectivity index (χ0) is 15.7. The number of rotatable bonds is 3. The van der Waals surface area contributed by atoms with E-state index in [9.17, 15) is 4.79 Å². The maximum Gasteiger partial charge on any atom is 0.245 e. The molecule has 22 heavy (non-hydrogen) atoms. The van der Waals surface area contributed by atoms with Crippen LogP contribution in [0.2, 0.25) is 0 Å². The second kappa shape index (κ2) is 6.36. The van der Waals surface area contributed by atoms with Crippen molar-refractivity contribution < 1.29 is 4.79 Å². The van der Waals surface area contributed by atoms with Gasteiger partial charge in [-0.3, -0.25) is 10.2 Å². The monoisotopic (exact) mass is 302 g/mol. The molecule has 0 bridgehead atoms. The fourth-order valence-corrected chi connectivity index (χ4v) is 3.70. The number of hydrazine groups is 1. The van der Waals surface area contributed by atoms with Crippen LogP contribution < -0.4 is 21.1 Å². The van der Waals surface area contributed by atoms with E-state index in [4.69, 9.17) is 0 Å². The molecule has 3 N–H and O–H groups in total. The summed E-state index contributed by atoms with van der Waals surface area (Å²) in [5.74, 6) is 0.484. The summed E-state index contributed by atoms with van der Waals surface area (Å²) in [6.07, 6.45) is 1.07. The van der Waals surface area contributed by atoms with Gasteiger partial charge in [0.1, 0.15) is 6.04 Å². The number of carbonyl (C=O) groups is 1. The summed E-state index contributed by atoms with van der Waals surface area (Å²) in [4.78, 5) is 14.9. The van der Waals surface area contributed by atoms with Crippen LogP contribution in [0.5, 0.6) is 0 Å². The molecule has 0 saturated carbocycles. The van der Waals surface area contributed by atoms with Crippen molar-refractivity contribution in [3.05, 3.63) is 29.3 Å². The maximum atomic E-state index is 13.1. The number of hydrogen-bond donors (Lipinski definition) is 3. The molecule has 2 aliphatic heterocycles. The van der Waals surface area contributed by atoms with E-state index in [2.05, 4.69) is 48.2 Å². The minimum absolute atomic E-state index is 0.154.